The first kappa shape index (κ1) is 31.1. The number of amides is 2. The molecule has 0 unspecified atom stereocenters. The number of esters is 2. The summed E-state index contributed by atoms with van der Waals surface area (Å²) in [5, 5.41) is 2.00. The van der Waals surface area contributed by atoms with Gasteiger partial charge in [0.2, 0.25) is 5.91 Å². The lowest BCUT2D eigenvalue weighted by Crippen LogP contribution is -2.82. The number of nitrogens with zero attached hydrogens (tertiary/aromatic N) is 2. The number of para-hydroxylation sites is 1. The largest absolute Gasteiger partial charge is 0.461 e. The SMILES string of the molecule is CC(=O)OCC1=C(C(=O)OC(c2ccccc2)c2ccccc2)N2C(=O)[C@](NC(=O)Cc3cncs3)(Oc3ccccc3)[C@H]2SC1. The van der Waals surface area contributed by atoms with Gasteiger partial charge >= 0.3 is 11.9 Å². The number of hydrogen-bond donors (Lipinski definition) is 1. The molecule has 4 aromatic rings. The van der Waals surface area contributed by atoms with Crippen molar-refractivity contribution in [1.82, 2.24) is 15.2 Å². The highest BCUT2D eigenvalue weighted by Gasteiger charge is 2.68. The Bertz CT molecular complexity index is 1710. The van der Waals surface area contributed by atoms with Crippen molar-refractivity contribution >= 4 is 46.9 Å². The first-order valence-electron chi connectivity index (χ1n) is 14.4. The summed E-state index contributed by atoms with van der Waals surface area (Å²) in [4.78, 5) is 59.6. The lowest BCUT2D eigenvalue weighted by atomic mass is 9.97. The van der Waals surface area contributed by atoms with Crippen LogP contribution in [-0.4, -0.2) is 57.1 Å². The Morgan fingerprint density at radius 2 is 1.61 bits per heavy atom. The van der Waals surface area contributed by atoms with Crippen molar-refractivity contribution in [3.05, 3.63) is 130 Å². The fourth-order valence-electron chi connectivity index (χ4n) is 5.27. The van der Waals surface area contributed by atoms with E-state index in [1.54, 1.807) is 42.0 Å². The molecule has 0 radical (unpaired) electrons. The molecule has 46 heavy (non-hydrogen) atoms. The van der Waals surface area contributed by atoms with Crippen molar-refractivity contribution in [1.29, 1.82) is 0 Å². The van der Waals surface area contributed by atoms with E-state index in [9.17, 15) is 19.2 Å². The number of benzene rings is 3. The molecule has 2 aliphatic heterocycles. The van der Waals surface area contributed by atoms with Crippen molar-refractivity contribution in [3.63, 3.8) is 0 Å². The number of carbonyl (C=O) groups excluding carboxylic acids is 4. The number of nitrogens with one attached hydrogen (secondary N) is 1. The molecule has 2 aliphatic rings. The van der Waals surface area contributed by atoms with E-state index in [0.29, 0.717) is 16.2 Å². The molecular weight excluding hydrogens is 627 g/mol. The molecule has 2 amide bonds. The van der Waals surface area contributed by atoms with E-state index < -0.39 is 41.0 Å². The summed E-state index contributed by atoms with van der Waals surface area (Å²) in [5.41, 5.74) is 1.63. The molecule has 234 valence electrons. The van der Waals surface area contributed by atoms with E-state index >= 15 is 0 Å². The maximum absolute atomic E-state index is 14.3. The average Bonchev–Trinajstić information content (AvgIpc) is 3.59. The minimum atomic E-state index is -1.81. The van der Waals surface area contributed by atoms with E-state index in [0.717, 1.165) is 11.1 Å². The normalized spacial score (nSPS) is 18.8. The Balaban J connectivity index is 1.35. The average molecular weight is 656 g/mol. The fourth-order valence-corrected chi connectivity index (χ4v) is 7.24. The Labute approximate surface area is 273 Å². The number of ether oxygens (including phenoxy) is 3. The molecule has 2 atom stereocenters. The monoisotopic (exact) mass is 655 g/mol. The van der Waals surface area contributed by atoms with Crippen LogP contribution >= 0.6 is 23.1 Å². The smallest absolute Gasteiger partial charge is 0.356 e. The molecule has 1 saturated heterocycles. The lowest BCUT2D eigenvalue weighted by molar-refractivity contribution is -0.181. The second-order valence-electron chi connectivity index (χ2n) is 10.5. The van der Waals surface area contributed by atoms with E-state index in [1.807, 2.05) is 60.7 Å². The van der Waals surface area contributed by atoms with Crippen LogP contribution in [0.3, 0.4) is 0 Å². The Morgan fingerprint density at radius 3 is 2.20 bits per heavy atom. The van der Waals surface area contributed by atoms with Gasteiger partial charge in [0.05, 0.1) is 11.9 Å². The number of hydrogen-bond acceptors (Lipinski definition) is 10. The topological polar surface area (TPSA) is 124 Å². The van der Waals surface area contributed by atoms with E-state index in [1.165, 1.54) is 34.9 Å². The summed E-state index contributed by atoms with van der Waals surface area (Å²) in [7, 11) is 0. The Morgan fingerprint density at radius 1 is 0.978 bits per heavy atom. The maximum atomic E-state index is 14.3. The molecule has 10 nitrogen and oxygen atoms in total. The fraction of sp³-hybridized carbons (Fsp3) is 0.206. The zero-order valence-corrected chi connectivity index (χ0v) is 26.3. The predicted octanol–water partition coefficient (Wildman–Crippen LogP) is 4.64. The van der Waals surface area contributed by atoms with Crippen LogP contribution in [0.15, 0.2) is 114 Å². The van der Waals surface area contributed by atoms with Crippen LogP contribution in [0.25, 0.3) is 0 Å². The highest BCUT2D eigenvalue weighted by atomic mass is 32.2. The molecule has 6 rings (SSSR count). The molecule has 12 heteroatoms. The first-order valence-corrected chi connectivity index (χ1v) is 16.3. The highest BCUT2D eigenvalue weighted by Crippen LogP contribution is 2.48. The third-order valence-corrected chi connectivity index (χ3v) is 9.50. The van der Waals surface area contributed by atoms with Gasteiger partial charge in [-0.2, -0.15) is 0 Å². The standard InChI is InChI=1S/C34H29N3O7S2/c1-22(38)42-19-25-20-45-33-34(44-26-15-9-4-10-16-26,36-28(39)17-27-18-35-21-46-27)32(41)37(33)29(25)31(40)43-30(23-11-5-2-6-12-23)24-13-7-3-8-14-24/h2-16,18,21,30,33H,17,19-20H2,1H3,(H,36,39)/t33-,34+/m1/s1. The third-order valence-electron chi connectivity index (χ3n) is 7.35. The second kappa shape index (κ2) is 13.6. The first-order chi connectivity index (χ1) is 22.4. The third kappa shape index (κ3) is 6.40. The van der Waals surface area contributed by atoms with Crippen LogP contribution in [0.2, 0.25) is 0 Å². The van der Waals surface area contributed by atoms with Crippen molar-refractivity contribution in [2.24, 2.45) is 0 Å². The maximum Gasteiger partial charge on any atom is 0.356 e. The molecular formula is C34H29N3O7S2. The minimum absolute atomic E-state index is 0.00644. The van der Waals surface area contributed by atoms with E-state index in [-0.39, 0.29) is 24.5 Å². The number of thioether (sulfide) groups is 1. The van der Waals surface area contributed by atoms with Gasteiger partial charge in [0, 0.05) is 29.3 Å². The Kier molecular flexibility index (Phi) is 9.18. The molecule has 1 aromatic heterocycles. The number of rotatable bonds is 11. The summed E-state index contributed by atoms with van der Waals surface area (Å²) < 4.78 is 17.7. The van der Waals surface area contributed by atoms with Crippen LogP contribution in [0.5, 0.6) is 5.75 Å². The lowest BCUT2D eigenvalue weighted by Gasteiger charge is -2.56. The van der Waals surface area contributed by atoms with Crippen LogP contribution in [0.1, 0.15) is 29.0 Å². The van der Waals surface area contributed by atoms with Gasteiger partial charge in [0.15, 0.2) is 11.5 Å². The highest BCUT2D eigenvalue weighted by molar-refractivity contribution is 8.00. The van der Waals surface area contributed by atoms with Gasteiger partial charge in [-0.1, -0.05) is 78.9 Å². The minimum Gasteiger partial charge on any atom is -0.461 e. The van der Waals surface area contributed by atoms with Gasteiger partial charge in [0.25, 0.3) is 11.6 Å². The van der Waals surface area contributed by atoms with Crippen LogP contribution < -0.4 is 10.1 Å². The zero-order valence-electron chi connectivity index (χ0n) is 24.7. The number of aromatic nitrogens is 1. The summed E-state index contributed by atoms with van der Waals surface area (Å²) >= 11 is 2.61. The molecule has 3 aromatic carbocycles. The van der Waals surface area contributed by atoms with Crippen molar-refractivity contribution in [2.75, 3.05) is 12.4 Å². The van der Waals surface area contributed by atoms with E-state index in [2.05, 4.69) is 10.3 Å². The van der Waals surface area contributed by atoms with E-state index in [4.69, 9.17) is 14.2 Å². The number of β-lactam (4-membered cyclic amide) rings is 1. The summed E-state index contributed by atoms with van der Waals surface area (Å²) in [6.45, 7) is 1.05. The van der Waals surface area contributed by atoms with Gasteiger partial charge in [-0.25, -0.2) is 4.79 Å². The molecule has 0 bridgehead atoms. The van der Waals surface area contributed by atoms with Crippen LogP contribution in [0.4, 0.5) is 0 Å². The quantitative estimate of drug-likeness (QED) is 0.140. The van der Waals surface area contributed by atoms with Crippen molar-refractivity contribution in [2.45, 2.75) is 30.5 Å². The summed E-state index contributed by atoms with van der Waals surface area (Å²) in [6, 6.07) is 27.2. The van der Waals surface area contributed by atoms with Crippen molar-refractivity contribution in [3.8, 4) is 5.75 Å². The van der Waals surface area contributed by atoms with Crippen LogP contribution in [-0.2, 0) is 35.1 Å². The summed E-state index contributed by atoms with van der Waals surface area (Å²) in [6.07, 6.45) is 0.798. The van der Waals surface area contributed by atoms with Gasteiger partial charge in [-0.15, -0.1) is 23.1 Å². The number of thiazole rings is 1. The van der Waals surface area contributed by atoms with Gasteiger partial charge in [-0.05, 0) is 23.3 Å². The molecule has 0 spiro atoms. The van der Waals surface area contributed by atoms with Gasteiger partial charge in [-0.3, -0.25) is 24.3 Å². The molecule has 1 N–H and O–H groups in total. The molecule has 0 saturated carbocycles. The van der Waals surface area contributed by atoms with Gasteiger partial charge < -0.3 is 19.5 Å². The molecule has 0 aliphatic carbocycles. The predicted molar refractivity (Wildman–Crippen MR) is 171 cm³/mol. The summed E-state index contributed by atoms with van der Waals surface area (Å²) in [5.74, 6) is -1.84. The molecule has 3 heterocycles. The zero-order chi connectivity index (χ0) is 32.1. The number of carbonyl (C=O) groups is 4. The molecule has 1 fully saturated rings. The Hall–Kier alpha value is -4.94. The van der Waals surface area contributed by atoms with Crippen LogP contribution in [0, 0.1) is 0 Å². The number of fused-ring (bicyclic) bond motifs is 1. The van der Waals surface area contributed by atoms with Gasteiger partial charge in [0.1, 0.15) is 18.1 Å². The second-order valence-corrected chi connectivity index (χ2v) is 12.6. The van der Waals surface area contributed by atoms with Crippen molar-refractivity contribution < 1.29 is 33.4 Å².